The van der Waals surface area contributed by atoms with Crippen LogP contribution in [0.3, 0.4) is 0 Å². The Kier molecular flexibility index (Phi) is 4.38. The van der Waals surface area contributed by atoms with Crippen molar-refractivity contribution in [3.8, 4) is 0 Å². The first-order chi connectivity index (χ1) is 6.52. The highest BCUT2D eigenvalue weighted by molar-refractivity contribution is 9.09. The Morgan fingerprint density at radius 2 is 2.21 bits per heavy atom. The second-order valence-electron chi connectivity index (χ2n) is 4.29. The molecule has 1 saturated heterocycles. The molecule has 1 rings (SSSR count). The van der Waals surface area contributed by atoms with Crippen molar-refractivity contribution in [3.63, 3.8) is 0 Å². The van der Waals surface area contributed by atoms with Crippen molar-refractivity contribution >= 4 is 21.8 Å². The number of likely N-dealkylation sites (tertiary alicyclic amines) is 1. The van der Waals surface area contributed by atoms with Gasteiger partial charge in [0.2, 0.25) is 5.91 Å². The number of alkyl halides is 1. The average Bonchev–Trinajstić information content (AvgIpc) is 2.15. The number of halogens is 1. The topological polar surface area (TPSA) is 46.3 Å². The molecule has 3 nitrogen and oxygen atoms in total. The minimum atomic E-state index is -0.340. The van der Waals surface area contributed by atoms with Gasteiger partial charge in [0, 0.05) is 17.9 Å². The molecule has 2 atom stereocenters. The zero-order valence-corrected chi connectivity index (χ0v) is 10.5. The molecule has 0 aliphatic carbocycles. The summed E-state index contributed by atoms with van der Waals surface area (Å²) in [6.07, 6.45) is 2.23. The van der Waals surface area contributed by atoms with Gasteiger partial charge in [-0.25, -0.2) is 0 Å². The molecule has 1 aliphatic heterocycles. The van der Waals surface area contributed by atoms with Gasteiger partial charge in [-0.05, 0) is 18.8 Å². The summed E-state index contributed by atoms with van der Waals surface area (Å²) in [6.45, 7) is 5.64. The van der Waals surface area contributed by atoms with Crippen molar-refractivity contribution in [3.05, 3.63) is 0 Å². The van der Waals surface area contributed by atoms with E-state index >= 15 is 0 Å². The maximum Gasteiger partial charge on any atom is 0.239 e. The lowest BCUT2D eigenvalue weighted by Gasteiger charge is -2.32. The summed E-state index contributed by atoms with van der Waals surface area (Å²) in [4.78, 5) is 14.2. The molecule has 1 heterocycles. The van der Waals surface area contributed by atoms with Crippen molar-refractivity contribution in [2.45, 2.75) is 37.6 Å². The molecule has 0 bridgehead atoms. The number of carbonyl (C=O) groups is 1. The van der Waals surface area contributed by atoms with Crippen LogP contribution in [0.1, 0.15) is 26.7 Å². The molecule has 0 aromatic heterocycles. The molecule has 0 aromatic carbocycles. The average molecular weight is 263 g/mol. The highest BCUT2D eigenvalue weighted by Gasteiger charge is 2.27. The van der Waals surface area contributed by atoms with E-state index in [0.717, 1.165) is 25.9 Å². The fraction of sp³-hybridized carbons (Fsp3) is 0.900. The van der Waals surface area contributed by atoms with E-state index in [1.165, 1.54) is 0 Å². The zero-order valence-electron chi connectivity index (χ0n) is 8.87. The molecule has 2 N–H and O–H groups in total. The van der Waals surface area contributed by atoms with Crippen LogP contribution in [-0.2, 0) is 4.79 Å². The van der Waals surface area contributed by atoms with Crippen LogP contribution in [0.4, 0.5) is 0 Å². The predicted octanol–water partition coefficient (Wildman–Crippen LogP) is 1.36. The van der Waals surface area contributed by atoms with Crippen LogP contribution in [-0.4, -0.2) is 34.8 Å². The molecule has 0 radical (unpaired) electrons. The van der Waals surface area contributed by atoms with E-state index in [1.54, 1.807) is 0 Å². The van der Waals surface area contributed by atoms with E-state index in [0.29, 0.717) is 4.83 Å². The quantitative estimate of drug-likeness (QED) is 0.764. The molecule has 82 valence electrons. The fourth-order valence-electron chi connectivity index (χ4n) is 1.62. The standard InChI is InChI=1S/C10H19BrN2O/c1-7(2)9(12)10(14)13-5-3-4-8(11)6-13/h7-9H,3-6,12H2,1-2H3/t8?,9-/m0/s1. The van der Waals surface area contributed by atoms with E-state index in [9.17, 15) is 4.79 Å². The highest BCUT2D eigenvalue weighted by atomic mass is 79.9. The van der Waals surface area contributed by atoms with Crippen LogP contribution >= 0.6 is 15.9 Å². The van der Waals surface area contributed by atoms with Crippen molar-refractivity contribution in [1.82, 2.24) is 4.90 Å². The Hall–Kier alpha value is -0.0900. The van der Waals surface area contributed by atoms with Crippen LogP contribution in [0.2, 0.25) is 0 Å². The molecule has 1 fully saturated rings. The lowest BCUT2D eigenvalue weighted by Crippen LogP contribution is -2.50. The van der Waals surface area contributed by atoms with Crippen LogP contribution in [0, 0.1) is 5.92 Å². The normalized spacial score (nSPS) is 25.2. The van der Waals surface area contributed by atoms with Gasteiger partial charge in [0.1, 0.15) is 0 Å². The molecule has 1 unspecified atom stereocenters. The smallest absolute Gasteiger partial charge is 0.239 e. The molecule has 1 aliphatic rings. The summed E-state index contributed by atoms with van der Waals surface area (Å²) in [5.41, 5.74) is 5.83. The molecule has 0 aromatic rings. The van der Waals surface area contributed by atoms with Crippen molar-refractivity contribution in [1.29, 1.82) is 0 Å². The highest BCUT2D eigenvalue weighted by Crippen LogP contribution is 2.18. The molecular formula is C10H19BrN2O. The SMILES string of the molecule is CC(C)[C@H](N)C(=O)N1CCCC(Br)C1. The summed E-state index contributed by atoms with van der Waals surface area (Å²) >= 11 is 3.55. The van der Waals surface area contributed by atoms with Gasteiger partial charge < -0.3 is 10.6 Å². The van der Waals surface area contributed by atoms with Gasteiger partial charge in [-0.1, -0.05) is 29.8 Å². The summed E-state index contributed by atoms with van der Waals surface area (Å²) < 4.78 is 0. The van der Waals surface area contributed by atoms with Crippen molar-refractivity contribution in [2.75, 3.05) is 13.1 Å². The first-order valence-corrected chi connectivity index (χ1v) is 6.12. The first-order valence-electron chi connectivity index (χ1n) is 5.20. The van der Waals surface area contributed by atoms with E-state index in [1.807, 2.05) is 18.7 Å². The minimum absolute atomic E-state index is 0.101. The number of nitrogens with two attached hydrogens (primary N) is 1. The maximum atomic E-state index is 11.9. The Morgan fingerprint density at radius 1 is 1.57 bits per heavy atom. The second kappa shape index (κ2) is 5.12. The van der Waals surface area contributed by atoms with E-state index in [-0.39, 0.29) is 17.9 Å². The molecule has 14 heavy (non-hydrogen) atoms. The Morgan fingerprint density at radius 3 is 2.71 bits per heavy atom. The maximum absolute atomic E-state index is 11.9. The van der Waals surface area contributed by atoms with Gasteiger partial charge in [0.05, 0.1) is 6.04 Å². The number of nitrogens with zero attached hydrogens (tertiary/aromatic N) is 1. The molecule has 1 amide bonds. The van der Waals surface area contributed by atoms with Crippen LogP contribution < -0.4 is 5.73 Å². The van der Waals surface area contributed by atoms with Gasteiger partial charge in [0.25, 0.3) is 0 Å². The Balaban J connectivity index is 2.51. The molecule has 0 spiro atoms. The van der Waals surface area contributed by atoms with Crippen molar-refractivity contribution in [2.24, 2.45) is 11.7 Å². The van der Waals surface area contributed by atoms with Gasteiger partial charge >= 0.3 is 0 Å². The Bertz CT molecular complexity index is 208. The zero-order chi connectivity index (χ0) is 10.7. The number of hydrogen-bond acceptors (Lipinski definition) is 2. The number of amides is 1. The molecule has 4 heteroatoms. The van der Waals surface area contributed by atoms with E-state index in [4.69, 9.17) is 5.73 Å². The van der Waals surface area contributed by atoms with Gasteiger partial charge in [-0.15, -0.1) is 0 Å². The number of piperidine rings is 1. The van der Waals surface area contributed by atoms with E-state index in [2.05, 4.69) is 15.9 Å². The predicted molar refractivity (Wildman–Crippen MR) is 61.3 cm³/mol. The lowest BCUT2D eigenvalue weighted by atomic mass is 10.0. The summed E-state index contributed by atoms with van der Waals surface area (Å²) in [6, 6.07) is -0.340. The number of hydrogen-bond donors (Lipinski definition) is 1. The van der Waals surface area contributed by atoms with Crippen molar-refractivity contribution < 1.29 is 4.79 Å². The Labute approximate surface area is 94.1 Å². The lowest BCUT2D eigenvalue weighted by molar-refractivity contribution is -0.134. The molecular weight excluding hydrogens is 244 g/mol. The van der Waals surface area contributed by atoms with Crippen LogP contribution in [0.5, 0.6) is 0 Å². The monoisotopic (exact) mass is 262 g/mol. The molecule has 0 saturated carbocycles. The summed E-state index contributed by atoms with van der Waals surface area (Å²) in [5, 5.41) is 0. The van der Waals surface area contributed by atoms with E-state index < -0.39 is 0 Å². The van der Waals surface area contributed by atoms with Gasteiger partial charge in [0.15, 0.2) is 0 Å². The minimum Gasteiger partial charge on any atom is -0.340 e. The number of rotatable bonds is 2. The third-order valence-corrected chi connectivity index (χ3v) is 3.43. The van der Waals surface area contributed by atoms with Gasteiger partial charge in [-0.2, -0.15) is 0 Å². The van der Waals surface area contributed by atoms with Crippen LogP contribution in [0.25, 0.3) is 0 Å². The second-order valence-corrected chi connectivity index (χ2v) is 5.59. The number of carbonyl (C=O) groups excluding carboxylic acids is 1. The van der Waals surface area contributed by atoms with Gasteiger partial charge in [-0.3, -0.25) is 4.79 Å². The first kappa shape index (κ1) is 12.0. The third kappa shape index (κ3) is 2.95. The summed E-state index contributed by atoms with van der Waals surface area (Å²) in [7, 11) is 0. The summed E-state index contributed by atoms with van der Waals surface area (Å²) in [5.74, 6) is 0.322. The third-order valence-electron chi connectivity index (χ3n) is 2.68. The largest absolute Gasteiger partial charge is 0.340 e. The van der Waals surface area contributed by atoms with Crippen LogP contribution in [0.15, 0.2) is 0 Å². The fourth-order valence-corrected chi connectivity index (χ4v) is 2.29.